The summed E-state index contributed by atoms with van der Waals surface area (Å²) in [6.07, 6.45) is 3.97. The number of halogens is 1. The van der Waals surface area contributed by atoms with E-state index in [4.69, 9.17) is 11.6 Å². The van der Waals surface area contributed by atoms with Crippen LogP contribution in [0.15, 0.2) is 46.7 Å². The van der Waals surface area contributed by atoms with E-state index in [9.17, 15) is 4.79 Å². The SMILES string of the molecule is O=c1cc(CN2CCC[C@@H]2c2cccs2)nc2ccc(Cl)cn12. The lowest BCUT2D eigenvalue weighted by Gasteiger charge is -2.23. The molecule has 0 bridgehead atoms. The zero-order valence-electron chi connectivity index (χ0n) is 12.5. The van der Waals surface area contributed by atoms with Crippen molar-refractivity contribution in [2.75, 3.05) is 6.54 Å². The van der Waals surface area contributed by atoms with Crippen molar-refractivity contribution in [1.29, 1.82) is 0 Å². The van der Waals surface area contributed by atoms with Gasteiger partial charge < -0.3 is 0 Å². The number of rotatable bonds is 3. The second kappa shape index (κ2) is 6.07. The van der Waals surface area contributed by atoms with Gasteiger partial charge in [0.2, 0.25) is 0 Å². The first kappa shape index (κ1) is 14.9. The number of likely N-dealkylation sites (tertiary alicyclic amines) is 1. The van der Waals surface area contributed by atoms with Crippen molar-refractivity contribution in [3.8, 4) is 0 Å². The topological polar surface area (TPSA) is 37.6 Å². The molecule has 1 saturated heterocycles. The molecule has 0 amide bonds. The molecule has 6 heteroatoms. The van der Waals surface area contributed by atoms with Crippen LogP contribution < -0.4 is 5.56 Å². The monoisotopic (exact) mass is 345 g/mol. The highest BCUT2D eigenvalue weighted by molar-refractivity contribution is 7.10. The molecule has 0 saturated carbocycles. The summed E-state index contributed by atoms with van der Waals surface area (Å²) in [6.45, 7) is 1.75. The molecule has 1 atom stereocenters. The summed E-state index contributed by atoms with van der Waals surface area (Å²) in [4.78, 5) is 20.7. The Hall–Kier alpha value is -1.69. The van der Waals surface area contributed by atoms with Crippen LogP contribution in [0.3, 0.4) is 0 Å². The zero-order chi connectivity index (χ0) is 15.8. The van der Waals surface area contributed by atoms with Crippen molar-refractivity contribution in [3.63, 3.8) is 0 Å². The van der Waals surface area contributed by atoms with Gasteiger partial charge >= 0.3 is 0 Å². The van der Waals surface area contributed by atoms with Crippen LogP contribution >= 0.6 is 22.9 Å². The molecule has 1 aliphatic heterocycles. The Morgan fingerprint density at radius 3 is 3.09 bits per heavy atom. The molecule has 3 aromatic heterocycles. The first-order valence-corrected chi connectivity index (χ1v) is 8.92. The Balaban J connectivity index is 1.65. The summed E-state index contributed by atoms with van der Waals surface area (Å²) in [7, 11) is 0. The molecule has 23 heavy (non-hydrogen) atoms. The lowest BCUT2D eigenvalue weighted by atomic mass is 10.2. The summed E-state index contributed by atoms with van der Waals surface area (Å²) in [5.41, 5.74) is 1.38. The quantitative estimate of drug-likeness (QED) is 0.725. The van der Waals surface area contributed by atoms with Crippen LogP contribution in [0.5, 0.6) is 0 Å². The Morgan fingerprint density at radius 2 is 2.26 bits per heavy atom. The van der Waals surface area contributed by atoms with Crippen molar-refractivity contribution < 1.29 is 0 Å². The number of hydrogen-bond acceptors (Lipinski definition) is 4. The summed E-state index contributed by atoms with van der Waals surface area (Å²) < 4.78 is 1.49. The third-order valence-corrected chi connectivity index (χ3v) is 5.47. The van der Waals surface area contributed by atoms with Crippen LogP contribution in [0.25, 0.3) is 5.65 Å². The van der Waals surface area contributed by atoms with Crippen molar-refractivity contribution in [2.45, 2.75) is 25.4 Å². The van der Waals surface area contributed by atoms with Gasteiger partial charge in [-0.15, -0.1) is 11.3 Å². The largest absolute Gasteiger partial charge is 0.290 e. The first-order valence-electron chi connectivity index (χ1n) is 7.66. The summed E-state index contributed by atoms with van der Waals surface area (Å²) in [5.74, 6) is 0. The first-order chi connectivity index (χ1) is 11.2. The molecular formula is C17H16ClN3OS. The second-order valence-electron chi connectivity index (χ2n) is 5.81. The van der Waals surface area contributed by atoms with Crippen LogP contribution in [0.2, 0.25) is 5.02 Å². The number of aromatic nitrogens is 2. The van der Waals surface area contributed by atoms with E-state index in [0.29, 0.717) is 23.3 Å². The Kier molecular flexibility index (Phi) is 3.93. The van der Waals surface area contributed by atoms with Gasteiger partial charge in [0.25, 0.3) is 5.56 Å². The maximum Gasteiger partial charge on any atom is 0.258 e. The number of fused-ring (bicyclic) bond motifs is 1. The van der Waals surface area contributed by atoms with Crippen molar-refractivity contribution in [2.24, 2.45) is 0 Å². The minimum Gasteiger partial charge on any atom is -0.290 e. The third kappa shape index (κ3) is 2.92. The maximum atomic E-state index is 12.3. The van der Waals surface area contributed by atoms with Gasteiger partial charge in [0, 0.05) is 29.7 Å². The lowest BCUT2D eigenvalue weighted by molar-refractivity contribution is 0.248. The molecule has 1 fully saturated rings. The van der Waals surface area contributed by atoms with E-state index < -0.39 is 0 Å². The maximum absolute atomic E-state index is 12.3. The van der Waals surface area contributed by atoms with Crippen LogP contribution in [-0.2, 0) is 6.54 Å². The smallest absolute Gasteiger partial charge is 0.258 e. The van der Waals surface area contributed by atoms with E-state index >= 15 is 0 Å². The molecule has 3 aromatic rings. The van der Waals surface area contributed by atoms with Crippen LogP contribution in [0, 0.1) is 0 Å². The van der Waals surface area contributed by atoms with Crippen molar-refractivity contribution in [3.05, 3.63) is 67.9 Å². The van der Waals surface area contributed by atoms with Crippen LogP contribution in [0.1, 0.15) is 29.5 Å². The fraction of sp³-hybridized carbons (Fsp3) is 0.294. The zero-order valence-corrected chi connectivity index (χ0v) is 14.1. The van der Waals surface area contributed by atoms with E-state index in [1.165, 1.54) is 22.1 Å². The number of hydrogen-bond donors (Lipinski definition) is 0. The number of thiophene rings is 1. The summed E-state index contributed by atoms with van der Waals surface area (Å²) in [5, 5.41) is 2.66. The predicted molar refractivity (Wildman–Crippen MR) is 93.2 cm³/mol. The van der Waals surface area contributed by atoms with Gasteiger partial charge in [0.05, 0.1) is 10.7 Å². The van der Waals surface area contributed by atoms with Gasteiger partial charge in [-0.2, -0.15) is 0 Å². The van der Waals surface area contributed by atoms with E-state index in [-0.39, 0.29) is 5.56 Å². The lowest BCUT2D eigenvalue weighted by Crippen LogP contribution is -2.25. The molecule has 0 spiro atoms. The van der Waals surface area contributed by atoms with Gasteiger partial charge in [-0.3, -0.25) is 14.1 Å². The fourth-order valence-electron chi connectivity index (χ4n) is 3.23. The molecule has 4 heterocycles. The second-order valence-corrected chi connectivity index (χ2v) is 7.22. The molecule has 4 rings (SSSR count). The fourth-order valence-corrected chi connectivity index (χ4v) is 4.29. The molecule has 0 radical (unpaired) electrons. The number of nitrogens with zero attached hydrogens (tertiary/aromatic N) is 3. The molecule has 4 nitrogen and oxygen atoms in total. The van der Waals surface area contributed by atoms with Gasteiger partial charge in [0.15, 0.2) is 0 Å². The predicted octanol–water partition coefficient (Wildman–Crippen LogP) is 3.75. The molecule has 0 aromatic carbocycles. The Labute approximate surface area is 143 Å². The highest BCUT2D eigenvalue weighted by Gasteiger charge is 2.27. The highest BCUT2D eigenvalue weighted by Crippen LogP contribution is 2.35. The van der Waals surface area contributed by atoms with E-state index in [1.807, 2.05) is 0 Å². The third-order valence-electron chi connectivity index (χ3n) is 4.28. The van der Waals surface area contributed by atoms with Gasteiger partial charge in [-0.25, -0.2) is 4.98 Å². The minimum absolute atomic E-state index is 0.0839. The van der Waals surface area contributed by atoms with E-state index in [2.05, 4.69) is 27.4 Å². The van der Waals surface area contributed by atoms with Crippen molar-refractivity contribution >= 4 is 28.6 Å². The highest BCUT2D eigenvalue weighted by atomic mass is 35.5. The average molecular weight is 346 g/mol. The average Bonchev–Trinajstić information content (AvgIpc) is 3.19. The summed E-state index contributed by atoms with van der Waals surface area (Å²) in [6, 6.07) is 9.90. The van der Waals surface area contributed by atoms with Crippen LogP contribution in [-0.4, -0.2) is 20.8 Å². The standard InChI is InChI=1S/C17H16ClN3OS/c18-12-5-6-16-19-13(9-17(22)21(16)10-12)11-20-7-1-3-14(20)15-4-2-8-23-15/h2,4-6,8-10,14H,1,3,7,11H2/t14-/m1/s1. The summed E-state index contributed by atoms with van der Waals surface area (Å²) >= 11 is 7.75. The normalized spacial score (nSPS) is 18.7. The number of pyridine rings is 1. The van der Waals surface area contributed by atoms with Crippen molar-refractivity contribution in [1.82, 2.24) is 14.3 Å². The van der Waals surface area contributed by atoms with Crippen LogP contribution in [0.4, 0.5) is 0 Å². The molecule has 1 aliphatic rings. The van der Waals surface area contributed by atoms with Gasteiger partial charge in [0.1, 0.15) is 5.65 Å². The van der Waals surface area contributed by atoms with Gasteiger partial charge in [-0.1, -0.05) is 17.7 Å². The molecule has 0 aliphatic carbocycles. The van der Waals surface area contributed by atoms with E-state index in [1.54, 1.807) is 35.7 Å². The Bertz CT molecular complexity index is 890. The molecule has 118 valence electrons. The molecule has 0 unspecified atom stereocenters. The van der Waals surface area contributed by atoms with Gasteiger partial charge in [-0.05, 0) is 43.0 Å². The Morgan fingerprint density at radius 1 is 1.35 bits per heavy atom. The van der Waals surface area contributed by atoms with E-state index in [0.717, 1.165) is 12.2 Å². The molecular weight excluding hydrogens is 330 g/mol. The minimum atomic E-state index is -0.0839. The molecule has 0 N–H and O–H groups in total.